The van der Waals surface area contributed by atoms with Gasteiger partial charge in [-0.15, -0.1) is 20.4 Å². The number of aromatic nitrogens is 4. The molecule has 0 aliphatic carbocycles. The van der Waals surface area contributed by atoms with Gasteiger partial charge in [0, 0.05) is 24.4 Å². The fraction of sp³-hybridized carbons (Fsp3) is 0.250. The maximum Gasteiger partial charge on any atom is 0.288 e. The first-order valence-corrected chi connectivity index (χ1v) is 9.96. The molecule has 3 aromatic rings. The predicted octanol–water partition coefficient (Wildman–Crippen LogP) is 2.85. The molecule has 11 heteroatoms. The third kappa shape index (κ3) is 5.52. The fourth-order valence-electron chi connectivity index (χ4n) is 2.09. The summed E-state index contributed by atoms with van der Waals surface area (Å²) < 4.78 is 0. The van der Waals surface area contributed by atoms with E-state index in [4.69, 9.17) is 11.6 Å². The van der Waals surface area contributed by atoms with Crippen molar-refractivity contribution < 1.29 is 9.59 Å². The normalized spacial score (nSPS) is 10.6. The van der Waals surface area contributed by atoms with Crippen LogP contribution in [0.15, 0.2) is 24.3 Å². The molecule has 0 saturated carbocycles. The zero-order valence-electron chi connectivity index (χ0n) is 14.2. The van der Waals surface area contributed by atoms with Crippen LogP contribution < -0.4 is 10.6 Å². The van der Waals surface area contributed by atoms with Crippen molar-refractivity contribution >= 4 is 51.2 Å². The molecule has 3 rings (SSSR count). The molecule has 140 valence electrons. The van der Waals surface area contributed by atoms with Gasteiger partial charge in [-0.2, -0.15) is 0 Å². The van der Waals surface area contributed by atoms with Gasteiger partial charge in [-0.25, -0.2) is 0 Å². The van der Waals surface area contributed by atoms with Crippen molar-refractivity contribution in [2.75, 3.05) is 5.32 Å². The SMILES string of the molecule is Cc1nnc(NC(=O)c2nnc(CCC(=O)NCc3ccccc3Cl)s2)s1. The Morgan fingerprint density at radius 3 is 2.67 bits per heavy atom. The quantitative estimate of drug-likeness (QED) is 0.605. The van der Waals surface area contributed by atoms with E-state index < -0.39 is 5.91 Å². The first-order valence-electron chi connectivity index (χ1n) is 7.95. The van der Waals surface area contributed by atoms with Crippen LogP contribution >= 0.6 is 34.3 Å². The number of carbonyl (C=O) groups is 2. The lowest BCUT2D eigenvalue weighted by Crippen LogP contribution is -2.23. The molecule has 0 bridgehead atoms. The van der Waals surface area contributed by atoms with E-state index in [1.807, 2.05) is 18.2 Å². The number of amides is 2. The Kier molecular flexibility index (Phi) is 6.43. The Hall–Kier alpha value is -2.43. The van der Waals surface area contributed by atoms with Gasteiger partial charge >= 0.3 is 0 Å². The number of benzene rings is 1. The highest BCUT2D eigenvalue weighted by atomic mass is 35.5. The van der Waals surface area contributed by atoms with E-state index in [0.29, 0.717) is 28.1 Å². The van der Waals surface area contributed by atoms with Crippen LogP contribution in [-0.2, 0) is 17.8 Å². The molecule has 2 heterocycles. The summed E-state index contributed by atoms with van der Waals surface area (Å²) in [7, 11) is 0. The molecule has 2 N–H and O–H groups in total. The molecule has 0 spiro atoms. The maximum atomic E-state index is 12.1. The zero-order chi connectivity index (χ0) is 19.2. The molecular formula is C16H15ClN6O2S2. The lowest BCUT2D eigenvalue weighted by Gasteiger charge is -2.06. The Balaban J connectivity index is 1.46. The zero-order valence-corrected chi connectivity index (χ0v) is 16.6. The van der Waals surface area contributed by atoms with Gasteiger partial charge in [0.2, 0.25) is 16.0 Å². The fourth-order valence-corrected chi connectivity index (χ4v) is 3.61. The molecule has 0 saturated heterocycles. The summed E-state index contributed by atoms with van der Waals surface area (Å²) in [6.45, 7) is 2.16. The van der Waals surface area contributed by atoms with Crippen LogP contribution in [-0.4, -0.2) is 32.2 Å². The van der Waals surface area contributed by atoms with Crippen molar-refractivity contribution in [1.82, 2.24) is 25.7 Å². The van der Waals surface area contributed by atoms with Crippen molar-refractivity contribution in [1.29, 1.82) is 0 Å². The van der Waals surface area contributed by atoms with E-state index in [1.54, 1.807) is 13.0 Å². The summed E-state index contributed by atoms with van der Waals surface area (Å²) in [6, 6.07) is 7.34. The number of nitrogens with one attached hydrogen (secondary N) is 2. The highest BCUT2D eigenvalue weighted by molar-refractivity contribution is 7.15. The average molecular weight is 423 g/mol. The second-order valence-electron chi connectivity index (χ2n) is 5.45. The third-order valence-corrected chi connectivity index (χ3v) is 5.51. The minimum Gasteiger partial charge on any atom is -0.352 e. The van der Waals surface area contributed by atoms with Crippen LogP contribution in [0.4, 0.5) is 5.13 Å². The molecule has 27 heavy (non-hydrogen) atoms. The second-order valence-corrected chi connectivity index (χ2v) is 8.10. The van der Waals surface area contributed by atoms with Crippen LogP contribution in [0.25, 0.3) is 0 Å². The third-order valence-electron chi connectivity index (χ3n) is 3.41. The number of nitrogens with zero attached hydrogens (tertiary/aromatic N) is 4. The van der Waals surface area contributed by atoms with Crippen molar-refractivity contribution in [2.24, 2.45) is 0 Å². The van der Waals surface area contributed by atoms with Crippen LogP contribution in [0.3, 0.4) is 0 Å². The number of carbonyl (C=O) groups excluding carboxylic acids is 2. The second kappa shape index (κ2) is 8.98. The molecule has 2 amide bonds. The summed E-state index contributed by atoms with van der Waals surface area (Å²) in [6.07, 6.45) is 0.646. The maximum absolute atomic E-state index is 12.1. The van der Waals surface area contributed by atoms with E-state index in [0.717, 1.165) is 21.9 Å². The Bertz CT molecular complexity index is 958. The van der Waals surface area contributed by atoms with Gasteiger partial charge in [0.05, 0.1) is 0 Å². The highest BCUT2D eigenvalue weighted by Gasteiger charge is 2.15. The van der Waals surface area contributed by atoms with E-state index in [9.17, 15) is 9.59 Å². The lowest BCUT2D eigenvalue weighted by molar-refractivity contribution is -0.121. The Morgan fingerprint density at radius 1 is 1.11 bits per heavy atom. The Labute approximate surface area is 168 Å². The molecule has 0 aliphatic rings. The predicted molar refractivity (Wildman–Crippen MR) is 104 cm³/mol. The summed E-state index contributed by atoms with van der Waals surface area (Å²) >= 11 is 8.48. The molecule has 0 fully saturated rings. The summed E-state index contributed by atoms with van der Waals surface area (Å²) in [5, 5.41) is 23.5. The van der Waals surface area contributed by atoms with Crippen molar-refractivity contribution in [3.8, 4) is 0 Å². The molecule has 1 aromatic carbocycles. The number of anilines is 1. The van der Waals surface area contributed by atoms with Crippen molar-refractivity contribution in [3.63, 3.8) is 0 Å². The smallest absolute Gasteiger partial charge is 0.288 e. The molecule has 0 aliphatic heterocycles. The first kappa shape index (κ1) is 19.3. The standard InChI is InChI=1S/C16H15ClN6O2S2/c1-9-20-23-16(26-9)19-14(25)15-22-21-13(27-15)7-6-12(24)18-8-10-4-2-3-5-11(10)17/h2-5H,6-8H2,1H3,(H,18,24)(H,19,23,25). The molecular weight excluding hydrogens is 408 g/mol. The van der Waals surface area contributed by atoms with Gasteiger partial charge in [-0.3, -0.25) is 14.9 Å². The molecule has 0 unspecified atom stereocenters. The van der Waals surface area contributed by atoms with E-state index in [-0.39, 0.29) is 17.3 Å². The largest absolute Gasteiger partial charge is 0.352 e. The molecule has 2 aromatic heterocycles. The summed E-state index contributed by atoms with van der Waals surface area (Å²) in [5.41, 5.74) is 0.856. The number of rotatable bonds is 7. The molecule has 0 radical (unpaired) electrons. The average Bonchev–Trinajstić information content (AvgIpc) is 3.28. The number of halogens is 1. The van der Waals surface area contributed by atoms with Crippen LogP contribution in [0, 0.1) is 6.92 Å². The van der Waals surface area contributed by atoms with Gasteiger partial charge in [0.25, 0.3) is 5.91 Å². The van der Waals surface area contributed by atoms with E-state index in [1.165, 1.54) is 11.3 Å². The first-order chi connectivity index (χ1) is 13.0. The minimum absolute atomic E-state index is 0.125. The van der Waals surface area contributed by atoms with Gasteiger partial charge in [-0.1, -0.05) is 52.5 Å². The van der Waals surface area contributed by atoms with Crippen molar-refractivity contribution in [3.05, 3.63) is 49.9 Å². The van der Waals surface area contributed by atoms with Crippen LogP contribution in [0.5, 0.6) is 0 Å². The van der Waals surface area contributed by atoms with Crippen molar-refractivity contribution in [2.45, 2.75) is 26.3 Å². The number of hydrogen-bond acceptors (Lipinski definition) is 8. The van der Waals surface area contributed by atoms with Crippen LogP contribution in [0.2, 0.25) is 5.02 Å². The van der Waals surface area contributed by atoms with Gasteiger partial charge in [-0.05, 0) is 18.6 Å². The monoisotopic (exact) mass is 422 g/mol. The number of aryl methyl sites for hydroxylation is 2. The van der Waals surface area contributed by atoms with Gasteiger partial charge in [0.15, 0.2) is 0 Å². The summed E-state index contributed by atoms with van der Waals surface area (Å²) in [4.78, 5) is 24.1. The lowest BCUT2D eigenvalue weighted by atomic mass is 10.2. The Morgan fingerprint density at radius 2 is 1.93 bits per heavy atom. The molecule has 8 nitrogen and oxygen atoms in total. The van der Waals surface area contributed by atoms with Crippen LogP contribution in [0.1, 0.15) is 31.8 Å². The van der Waals surface area contributed by atoms with Gasteiger partial charge in [0.1, 0.15) is 10.0 Å². The van der Waals surface area contributed by atoms with E-state index >= 15 is 0 Å². The summed E-state index contributed by atoms with van der Waals surface area (Å²) in [5.74, 6) is -0.515. The number of hydrogen-bond donors (Lipinski definition) is 2. The topological polar surface area (TPSA) is 110 Å². The van der Waals surface area contributed by atoms with Gasteiger partial charge < -0.3 is 5.32 Å². The van der Waals surface area contributed by atoms with E-state index in [2.05, 4.69) is 31.0 Å². The highest BCUT2D eigenvalue weighted by Crippen LogP contribution is 2.18. The molecule has 0 atom stereocenters. The minimum atomic E-state index is -0.391.